The van der Waals surface area contributed by atoms with Gasteiger partial charge in [-0.2, -0.15) is 0 Å². The van der Waals surface area contributed by atoms with Crippen LogP contribution in [0.4, 0.5) is 5.69 Å². The van der Waals surface area contributed by atoms with Crippen molar-refractivity contribution in [2.45, 2.75) is 6.92 Å². The van der Waals surface area contributed by atoms with Gasteiger partial charge in [-0.15, -0.1) is 0 Å². The van der Waals surface area contributed by atoms with E-state index in [1.54, 1.807) is 23.2 Å². The molecule has 1 aliphatic rings. The van der Waals surface area contributed by atoms with E-state index < -0.39 is 0 Å². The van der Waals surface area contributed by atoms with Gasteiger partial charge in [0.1, 0.15) is 5.75 Å². The molecule has 1 saturated heterocycles. The zero-order chi connectivity index (χ0) is 10.1. The Morgan fingerprint density at radius 3 is 2.79 bits per heavy atom. The maximum atomic E-state index is 11.2. The first-order valence-corrected chi connectivity index (χ1v) is 4.54. The van der Waals surface area contributed by atoms with Gasteiger partial charge < -0.3 is 5.11 Å². The second-order valence-electron chi connectivity index (χ2n) is 3.48. The minimum atomic E-state index is -0.0328. The van der Waals surface area contributed by atoms with Crippen LogP contribution in [-0.4, -0.2) is 17.6 Å². The maximum Gasteiger partial charge on any atom is 0.243 e. The predicted octanol–water partition coefficient (Wildman–Crippen LogP) is 0.879. The summed E-state index contributed by atoms with van der Waals surface area (Å²) in [5.41, 5.74) is 3.34. The summed E-state index contributed by atoms with van der Waals surface area (Å²) < 4.78 is 0. The highest BCUT2D eigenvalue weighted by molar-refractivity contribution is 5.84. The topological polar surface area (TPSA) is 52.6 Å². The van der Waals surface area contributed by atoms with E-state index in [0.717, 1.165) is 0 Å². The Morgan fingerprint density at radius 1 is 1.50 bits per heavy atom. The van der Waals surface area contributed by atoms with Crippen molar-refractivity contribution in [2.75, 3.05) is 11.6 Å². The van der Waals surface area contributed by atoms with Crippen LogP contribution in [0.1, 0.15) is 6.92 Å². The Hall–Kier alpha value is -1.71. The van der Waals surface area contributed by atoms with Gasteiger partial charge in [0.25, 0.3) is 0 Å². The number of hydrogen-bond acceptors (Lipinski definition) is 3. The Balaban J connectivity index is 2.25. The lowest BCUT2D eigenvalue weighted by molar-refractivity contribution is -0.121. The highest BCUT2D eigenvalue weighted by Gasteiger charge is 2.27. The molecule has 1 heterocycles. The Labute approximate surface area is 82.1 Å². The van der Waals surface area contributed by atoms with Crippen molar-refractivity contribution >= 4 is 11.6 Å². The molecule has 1 fully saturated rings. The van der Waals surface area contributed by atoms with Crippen LogP contribution in [0.15, 0.2) is 24.3 Å². The molecule has 0 radical (unpaired) electrons. The quantitative estimate of drug-likeness (QED) is 0.694. The lowest BCUT2D eigenvalue weighted by Crippen LogP contribution is -2.32. The molecule has 0 saturated carbocycles. The molecule has 1 aromatic rings. The van der Waals surface area contributed by atoms with Crippen molar-refractivity contribution in [3.8, 4) is 5.75 Å². The number of nitrogens with one attached hydrogen (secondary N) is 1. The SMILES string of the molecule is CC1CN(c2ccccc2O)NC1=O. The summed E-state index contributed by atoms with van der Waals surface area (Å²) in [7, 11) is 0. The number of aromatic hydroxyl groups is 1. The van der Waals surface area contributed by atoms with Crippen molar-refractivity contribution in [3.63, 3.8) is 0 Å². The lowest BCUT2D eigenvalue weighted by atomic mass is 10.2. The zero-order valence-electron chi connectivity index (χ0n) is 7.90. The van der Waals surface area contributed by atoms with E-state index in [4.69, 9.17) is 0 Å². The Bertz CT molecular complexity index is 365. The number of anilines is 1. The number of benzene rings is 1. The van der Waals surface area contributed by atoms with Gasteiger partial charge >= 0.3 is 0 Å². The molecule has 74 valence electrons. The molecule has 2 rings (SSSR count). The molecule has 4 nitrogen and oxygen atoms in total. The average Bonchev–Trinajstić information content (AvgIpc) is 2.48. The fourth-order valence-electron chi connectivity index (χ4n) is 1.50. The monoisotopic (exact) mass is 192 g/mol. The highest BCUT2D eigenvalue weighted by atomic mass is 16.3. The molecule has 14 heavy (non-hydrogen) atoms. The number of carbonyl (C=O) groups is 1. The van der Waals surface area contributed by atoms with Crippen molar-refractivity contribution in [1.82, 2.24) is 5.43 Å². The zero-order valence-corrected chi connectivity index (χ0v) is 7.90. The van der Waals surface area contributed by atoms with Crippen LogP contribution >= 0.6 is 0 Å². The standard InChI is InChI=1S/C10H12N2O2/c1-7-6-12(11-10(7)14)8-4-2-3-5-9(8)13/h2-5,7,13H,6H2,1H3,(H,11,14). The summed E-state index contributed by atoms with van der Waals surface area (Å²) >= 11 is 0. The number of rotatable bonds is 1. The molecule has 4 heteroatoms. The molecule has 1 unspecified atom stereocenters. The van der Waals surface area contributed by atoms with Gasteiger partial charge in [-0.3, -0.25) is 15.2 Å². The molecule has 0 bridgehead atoms. The molecular weight excluding hydrogens is 180 g/mol. The highest BCUT2D eigenvalue weighted by Crippen LogP contribution is 2.27. The number of nitrogens with zero attached hydrogens (tertiary/aromatic N) is 1. The van der Waals surface area contributed by atoms with Gasteiger partial charge in [-0.25, -0.2) is 0 Å². The second-order valence-corrected chi connectivity index (χ2v) is 3.48. The molecule has 0 aromatic heterocycles. The maximum absolute atomic E-state index is 11.2. The molecule has 1 amide bonds. The molecule has 1 aliphatic heterocycles. The van der Waals surface area contributed by atoms with Crippen LogP contribution in [0, 0.1) is 5.92 Å². The summed E-state index contributed by atoms with van der Waals surface area (Å²) in [6, 6.07) is 6.95. The van der Waals surface area contributed by atoms with Gasteiger partial charge in [0.15, 0.2) is 0 Å². The first kappa shape index (κ1) is 8.87. The summed E-state index contributed by atoms with van der Waals surface area (Å²) in [6.45, 7) is 2.45. The summed E-state index contributed by atoms with van der Waals surface area (Å²) in [4.78, 5) is 11.2. The van der Waals surface area contributed by atoms with Crippen LogP contribution in [0.5, 0.6) is 5.75 Å². The van der Waals surface area contributed by atoms with Gasteiger partial charge in [-0.1, -0.05) is 19.1 Å². The molecular formula is C10H12N2O2. The predicted molar refractivity (Wildman–Crippen MR) is 52.8 cm³/mol. The fraction of sp³-hybridized carbons (Fsp3) is 0.300. The van der Waals surface area contributed by atoms with Crippen LogP contribution in [0.25, 0.3) is 0 Å². The van der Waals surface area contributed by atoms with Crippen molar-refractivity contribution in [1.29, 1.82) is 0 Å². The van der Waals surface area contributed by atoms with Crippen molar-refractivity contribution < 1.29 is 9.90 Å². The summed E-state index contributed by atoms with van der Waals surface area (Å²) in [5.74, 6) is 0.143. The number of phenolic OH excluding ortho intramolecular Hbond substituents is 1. The van der Waals surface area contributed by atoms with Gasteiger partial charge in [0.05, 0.1) is 18.2 Å². The van der Waals surface area contributed by atoms with Crippen molar-refractivity contribution in [3.05, 3.63) is 24.3 Å². The Kier molecular flexibility index (Phi) is 2.04. The lowest BCUT2D eigenvalue weighted by Gasteiger charge is -2.18. The largest absolute Gasteiger partial charge is 0.506 e. The third-order valence-electron chi connectivity index (χ3n) is 2.32. The fourth-order valence-corrected chi connectivity index (χ4v) is 1.50. The number of phenols is 1. The van der Waals surface area contributed by atoms with Crippen LogP contribution in [0.3, 0.4) is 0 Å². The van der Waals surface area contributed by atoms with E-state index >= 15 is 0 Å². The molecule has 0 spiro atoms. The van der Waals surface area contributed by atoms with Gasteiger partial charge in [0, 0.05) is 0 Å². The van der Waals surface area contributed by atoms with Crippen LogP contribution < -0.4 is 10.4 Å². The minimum absolute atomic E-state index is 0.00625. The van der Waals surface area contributed by atoms with Crippen molar-refractivity contribution in [2.24, 2.45) is 5.92 Å². The summed E-state index contributed by atoms with van der Waals surface area (Å²) in [6.07, 6.45) is 0. The number of hydrogen-bond donors (Lipinski definition) is 2. The van der Waals surface area contributed by atoms with E-state index in [1.165, 1.54) is 0 Å². The first-order chi connectivity index (χ1) is 6.68. The third kappa shape index (κ3) is 1.39. The van der Waals surface area contributed by atoms with E-state index in [1.807, 2.05) is 13.0 Å². The normalized spacial score (nSPS) is 21.1. The number of carbonyl (C=O) groups excluding carboxylic acids is 1. The molecule has 1 aromatic carbocycles. The first-order valence-electron chi connectivity index (χ1n) is 4.54. The number of hydrazine groups is 1. The second kappa shape index (κ2) is 3.21. The van der Waals surface area contributed by atoms with Crippen LogP contribution in [-0.2, 0) is 4.79 Å². The molecule has 0 aliphatic carbocycles. The van der Waals surface area contributed by atoms with E-state index in [-0.39, 0.29) is 17.6 Å². The average molecular weight is 192 g/mol. The van der Waals surface area contributed by atoms with E-state index in [2.05, 4.69) is 5.43 Å². The smallest absolute Gasteiger partial charge is 0.243 e. The Morgan fingerprint density at radius 2 is 2.21 bits per heavy atom. The van der Waals surface area contributed by atoms with Crippen LogP contribution in [0.2, 0.25) is 0 Å². The summed E-state index contributed by atoms with van der Waals surface area (Å²) in [5, 5.41) is 11.2. The van der Waals surface area contributed by atoms with Gasteiger partial charge in [0.2, 0.25) is 5.91 Å². The van der Waals surface area contributed by atoms with E-state index in [0.29, 0.717) is 12.2 Å². The number of amides is 1. The minimum Gasteiger partial charge on any atom is -0.506 e. The third-order valence-corrected chi connectivity index (χ3v) is 2.32. The molecule has 1 atom stereocenters. The van der Waals surface area contributed by atoms with E-state index in [9.17, 15) is 9.90 Å². The molecule has 2 N–H and O–H groups in total. The number of para-hydroxylation sites is 2. The van der Waals surface area contributed by atoms with Gasteiger partial charge in [-0.05, 0) is 12.1 Å².